The summed E-state index contributed by atoms with van der Waals surface area (Å²) in [5.74, 6) is -0.0102. The highest BCUT2D eigenvalue weighted by Gasteiger charge is 2.40. The van der Waals surface area contributed by atoms with E-state index >= 15 is 0 Å². The van der Waals surface area contributed by atoms with Crippen LogP contribution in [0.2, 0.25) is 0 Å². The summed E-state index contributed by atoms with van der Waals surface area (Å²) < 4.78 is 22.6. The van der Waals surface area contributed by atoms with E-state index in [0.717, 1.165) is 31.5 Å². The molecule has 0 amide bonds. The minimum atomic E-state index is -3.10. The fourth-order valence-corrected chi connectivity index (χ4v) is 3.41. The van der Waals surface area contributed by atoms with Crippen molar-refractivity contribution in [1.82, 2.24) is 5.32 Å². The van der Waals surface area contributed by atoms with Gasteiger partial charge in [-0.2, -0.15) is 0 Å². The second-order valence-electron chi connectivity index (χ2n) is 5.50. The first-order valence-corrected chi connectivity index (χ1v) is 8.97. The molecule has 4 nitrogen and oxygen atoms in total. The minimum Gasteiger partial charge on any atom is -0.317 e. The number of hydrogen-bond donors (Lipinski definition) is 1. The van der Waals surface area contributed by atoms with Gasteiger partial charge in [-0.25, -0.2) is 8.42 Å². The molecule has 1 aromatic rings. The molecule has 1 heterocycles. The lowest BCUT2D eigenvalue weighted by atomic mass is 9.69. The molecular formula is C15H21NO3S. The third-order valence-corrected chi connectivity index (χ3v) is 4.96. The summed E-state index contributed by atoms with van der Waals surface area (Å²) in [5.41, 5.74) is 0.497. The van der Waals surface area contributed by atoms with Crippen LogP contribution in [0.4, 0.5) is 0 Å². The highest BCUT2D eigenvalue weighted by atomic mass is 32.2. The lowest BCUT2D eigenvalue weighted by Crippen LogP contribution is -2.46. The zero-order chi connectivity index (χ0) is 14.6. The summed E-state index contributed by atoms with van der Waals surface area (Å²) in [6.45, 7) is 1.58. The van der Waals surface area contributed by atoms with E-state index in [1.807, 2.05) is 30.3 Å². The summed E-state index contributed by atoms with van der Waals surface area (Å²) in [7, 11) is -3.10. The number of rotatable bonds is 5. The molecule has 0 atom stereocenters. The Morgan fingerprint density at radius 2 is 1.80 bits per heavy atom. The molecule has 1 saturated heterocycles. The molecule has 1 N–H and O–H groups in total. The molecule has 0 bridgehead atoms. The fraction of sp³-hybridized carbons (Fsp3) is 0.533. The van der Waals surface area contributed by atoms with Crippen LogP contribution in [0.1, 0.15) is 24.8 Å². The molecule has 0 saturated carbocycles. The zero-order valence-corrected chi connectivity index (χ0v) is 12.6. The van der Waals surface area contributed by atoms with Gasteiger partial charge in [-0.15, -0.1) is 0 Å². The number of ketones is 1. The lowest BCUT2D eigenvalue weighted by molar-refractivity contribution is -0.125. The Bertz CT molecular complexity index is 560. The van der Waals surface area contributed by atoms with E-state index in [1.165, 1.54) is 6.26 Å². The normalized spacial score (nSPS) is 18.6. The van der Waals surface area contributed by atoms with Crippen molar-refractivity contribution in [3.8, 4) is 0 Å². The van der Waals surface area contributed by atoms with E-state index in [0.29, 0.717) is 0 Å². The van der Waals surface area contributed by atoms with Crippen LogP contribution < -0.4 is 5.32 Å². The minimum absolute atomic E-state index is 0.0515. The number of carbonyl (C=O) groups excluding carboxylic acids is 1. The predicted octanol–water partition coefficient (Wildman–Crippen LogP) is 1.31. The number of sulfone groups is 1. The summed E-state index contributed by atoms with van der Waals surface area (Å²) in [6.07, 6.45) is 2.75. The maximum absolute atomic E-state index is 12.7. The van der Waals surface area contributed by atoms with Gasteiger partial charge >= 0.3 is 0 Å². The smallest absolute Gasteiger partial charge is 0.147 e. The van der Waals surface area contributed by atoms with E-state index in [1.54, 1.807) is 0 Å². The van der Waals surface area contributed by atoms with E-state index in [-0.39, 0.29) is 18.0 Å². The third kappa shape index (κ3) is 3.46. The number of Topliss-reactive ketones (excluding diaryl/α,β-unsaturated/α-hetero) is 1. The number of hydrogen-bond acceptors (Lipinski definition) is 4. The Labute approximate surface area is 120 Å². The standard InChI is InChI=1S/C15H21NO3S/c1-20(18,19)12-7-14(17)15(8-10-16-11-9-15)13-5-3-2-4-6-13/h2-6,16H,7-12H2,1H3. The molecule has 20 heavy (non-hydrogen) atoms. The van der Waals surface area contributed by atoms with Crippen molar-refractivity contribution in [2.24, 2.45) is 0 Å². The van der Waals surface area contributed by atoms with Gasteiger partial charge in [-0.1, -0.05) is 30.3 Å². The Balaban J connectivity index is 2.26. The van der Waals surface area contributed by atoms with Crippen LogP contribution in [-0.2, 0) is 20.0 Å². The number of nitrogens with one attached hydrogen (secondary N) is 1. The van der Waals surface area contributed by atoms with Gasteiger partial charge in [0.1, 0.15) is 15.6 Å². The molecular weight excluding hydrogens is 274 g/mol. The summed E-state index contributed by atoms with van der Waals surface area (Å²) >= 11 is 0. The van der Waals surface area contributed by atoms with Crippen molar-refractivity contribution in [1.29, 1.82) is 0 Å². The first kappa shape index (κ1) is 15.2. The molecule has 0 aromatic heterocycles. The highest BCUT2D eigenvalue weighted by Crippen LogP contribution is 2.35. The number of benzene rings is 1. The van der Waals surface area contributed by atoms with Crippen molar-refractivity contribution in [2.45, 2.75) is 24.7 Å². The lowest BCUT2D eigenvalue weighted by Gasteiger charge is -2.37. The molecule has 2 rings (SSSR count). The molecule has 0 aliphatic carbocycles. The van der Waals surface area contributed by atoms with Crippen LogP contribution in [0.25, 0.3) is 0 Å². The van der Waals surface area contributed by atoms with Crippen molar-refractivity contribution in [2.75, 3.05) is 25.1 Å². The number of piperidine rings is 1. The first-order chi connectivity index (χ1) is 9.44. The van der Waals surface area contributed by atoms with E-state index in [2.05, 4.69) is 5.32 Å². The van der Waals surface area contributed by atoms with Crippen LogP contribution in [0, 0.1) is 0 Å². The van der Waals surface area contributed by atoms with Gasteiger partial charge in [0.05, 0.1) is 11.2 Å². The molecule has 1 fully saturated rings. The molecule has 0 radical (unpaired) electrons. The molecule has 1 aliphatic heterocycles. The predicted molar refractivity (Wildman–Crippen MR) is 79.6 cm³/mol. The summed E-state index contributed by atoms with van der Waals surface area (Å²) in [6, 6.07) is 9.75. The second kappa shape index (κ2) is 6.06. The van der Waals surface area contributed by atoms with Crippen molar-refractivity contribution < 1.29 is 13.2 Å². The zero-order valence-electron chi connectivity index (χ0n) is 11.8. The van der Waals surface area contributed by atoms with Crippen LogP contribution in [0.3, 0.4) is 0 Å². The van der Waals surface area contributed by atoms with Crippen molar-refractivity contribution in [3.05, 3.63) is 35.9 Å². The Morgan fingerprint density at radius 1 is 1.20 bits per heavy atom. The topological polar surface area (TPSA) is 63.2 Å². The van der Waals surface area contributed by atoms with Gasteiger partial charge in [0.15, 0.2) is 0 Å². The molecule has 5 heteroatoms. The number of carbonyl (C=O) groups is 1. The van der Waals surface area contributed by atoms with Gasteiger partial charge in [-0.05, 0) is 31.5 Å². The van der Waals surface area contributed by atoms with Gasteiger partial charge in [0.2, 0.25) is 0 Å². The largest absolute Gasteiger partial charge is 0.317 e. The maximum atomic E-state index is 12.7. The highest BCUT2D eigenvalue weighted by molar-refractivity contribution is 7.90. The van der Waals surface area contributed by atoms with E-state index in [9.17, 15) is 13.2 Å². The average molecular weight is 295 g/mol. The van der Waals surface area contributed by atoms with Gasteiger partial charge in [0, 0.05) is 12.7 Å². The van der Waals surface area contributed by atoms with Gasteiger partial charge < -0.3 is 5.32 Å². The van der Waals surface area contributed by atoms with Crippen LogP contribution in [0.5, 0.6) is 0 Å². The fourth-order valence-electron chi connectivity index (χ4n) is 2.86. The van der Waals surface area contributed by atoms with Crippen molar-refractivity contribution in [3.63, 3.8) is 0 Å². The van der Waals surface area contributed by atoms with Crippen LogP contribution in [-0.4, -0.2) is 39.3 Å². The molecule has 1 aliphatic rings. The molecule has 1 aromatic carbocycles. The average Bonchev–Trinajstić information content (AvgIpc) is 2.45. The van der Waals surface area contributed by atoms with E-state index in [4.69, 9.17) is 0 Å². The van der Waals surface area contributed by atoms with Crippen LogP contribution in [0.15, 0.2) is 30.3 Å². The monoisotopic (exact) mass is 295 g/mol. The van der Waals surface area contributed by atoms with Crippen LogP contribution >= 0.6 is 0 Å². The van der Waals surface area contributed by atoms with Gasteiger partial charge in [-0.3, -0.25) is 4.79 Å². The first-order valence-electron chi connectivity index (χ1n) is 6.91. The molecule has 0 unspecified atom stereocenters. The SMILES string of the molecule is CS(=O)(=O)CCC(=O)C1(c2ccccc2)CCNCC1. The molecule has 0 spiro atoms. The Morgan fingerprint density at radius 3 is 2.35 bits per heavy atom. The Hall–Kier alpha value is -1.20. The molecule has 110 valence electrons. The summed E-state index contributed by atoms with van der Waals surface area (Å²) in [4.78, 5) is 12.7. The Kier molecular flexibility index (Phi) is 4.60. The van der Waals surface area contributed by atoms with Gasteiger partial charge in [0.25, 0.3) is 0 Å². The van der Waals surface area contributed by atoms with E-state index < -0.39 is 15.3 Å². The van der Waals surface area contributed by atoms with Crippen molar-refractivity contribution >= 4 is 15.6 Å². The second-order valence-corrected chi connectivity index (χ2v) is 7.76. The maximum Gasteiger partial charge on any atom is 0.147 e. The third-order valence-electron chi connectivity index (χ3n) is 4.02. The quantitative estimate of drug-likeness (QED) is 0.889. The summed E-state index contributed by atoms with van der Waals surface area (Å²) in [5, 5.41) is 3.27.